The van der Waals surface area contributed by atoms with Gasteiger partial charge in [-0.2, -0.15) is 0 Å². The number of nitrogens with zero attached hydrogens (tertiary/aromatic N) is 1. The molecule has 1 fully saturated rings. The molecule has 1 heterocycles. The molecule has 0 bridgehead atoms. The van der Waals surface area contributed by atoms with Crippen LogP contribution in [0.2, 0.25) is 0 Å². The molecule has 4 rings (SSSR count). The van der Waals surface area contributed by atoms with Crippen LogP contribution in [-0.4, -0.2) is 43.3 Å². The molecule has 1 aliphatic rings. The Labute approximate surface area is 202 Å². The molecule has 178 valence electrons. The van der Waals surface area contributed by atoms with E-state index in [4.69, 9.17) is 9.47 Å². The van der Waals surface area contributed by atoms with Crippen molar-refractivity contribution in [2.75, 3.05) is 18.6 Å². The summed E-state index contributed by atoms with van der Waals surface area (Å²) in [5.41, 5.74) is 1.99. The lowest BCUT2D eigenvalue weighted by molar-refractivity contribution is -0.121. The highest BCUT2D eigenvalue weighted by atomic mass is 16.5. The predicted octanol–water partition coefficient (Wildman–Crippen LogP) is 3.16. The number of nitrogens with one attached hydrogen (secondary N) is 1. The van der Waals surface area contributed by atoms with E-state index >= 15 is 0 Å². The van der Waals surface area contributed by atoms with Gasteiger partial charge in [0.1, 0.15) is 5.75 Å². The van der Waals surface area contributed by atoms with Crippen LogP contribution in [0.5, 0.6) is 5.75 Å². The van der Waals surface area contributed by atoms with Gasteiger partial charge in [0.25, 0.3) is 5.91 Å². The standard InChI is InChI=1S/C27H24N2O6/c1-34-22-13-9-19(10-14-22)24(30)17-35-27(33)20-7-11-21(12-8-20)29-25(31)15-23(26(29)32)28-16-18-5-3-2-4-6-18/h2-14,23,28H,15-17H2,1H3. The van der Waals surface area contributed by atoms with Crippen LogP contribution in [0.1, 0.15) is 32.7 Å². The second-order valence-electron chi connectivity index (χ2n) is 7.97. The number of Topliss-reactive ketones (excluding diaryl/α,β-unsaturated/α-hetero) is 1. The van der Waals surface area contributed by atoms with Crippen molar-refractivity contribution in [1.82, 2.24) is 5.32 Å². The number of rotatable bonds is 9. The van der Waals surface area contributed by atoms with Crippen molar-refractivity contribution in [3.63, 3.8) is 0 Å². The van der Waals surface area contributed by atoms with Crippen molar-refractivity contribution in [2.24, 2.45) is 0 Å². The minimum atomic E-state index is -0.681. The molecule has 35 heavy (non-hydrogen) atoms. The van der Waals surface area contributed by atoms with Crippen molar-refractivity contribution >= 4 is 29.3 Å². The molecule has 0 spiro atoms. The van der Waals surface area contributed by atoms with Crippen molar-refractivity contribution in [1.29, 1.82) is 0 Å². The lowest BCUT2D eigenvalue weighted by Gasteiger charge is -2.16. The van der Waals surface area contributed by atoms with E-state index in [0.29, 0.717) is 23.5 Å². The van der Waals surface area contributed by atoms with Gasteiger partial charge in [0.05, 0.1) is 30.8 Å². The normalized spacial score (nSPS) is 15.2. The maximum atomic E-state index is 12.8. The largest absolute Gasteiger partial charge is 0.497 e. The van der Waals surface area contributed by atoms with Gasteiger partial charge in [-0.05, 0) is 54.1 Å². The molecule has 1 aliphatic heterocycles. The Morgan fingerprint density at radius 2 is 1.57 bits per heavy atom. The molecule has 3 aromatic carbocycles. The molecule has 0 saturated carbocycles. The lowest BCUT2D eigenvalue weighted by Crippen LogP contribution is -2.38. The molecule has 1 N–H and O–H groups in total. The van der Waals surface area contributed by atoms with Crippen LogP contribution in [0.3, 0.4) is 0 Å². The Morgan fingerprint density at radius 1 is 0.914 bits per heavy atom. The minimum absolute atomic E-state index is 0.0585. The maximum absolute atomic E-state index is 12.8. The number of amides is 2. The fourth-order valence-electron chi connectivity index (χ4n) is 3.72. The number of carbonyl (C=O) groups excluding carboxylic acids is 4. The Kier molecular flexibility index (Phi) is 7.32. The van der Waals surface area contributed by atoms with Gasteiger partial charge in [0.15, 0.2) is 12.4 Å². The number of ether oxygens (including phenoxy) is 2. The summed E-state index contributed by atoms with van der Waals surface area (Å²) in [6, 6.07) is 21.4. The molecule has 0 aliphatic carbocycles. The van der Waals surface area contributed by atoms with E-state index < -0.39 is 18.6 Å². The summed E-state index contributed by atoms with van der Waals surface area (Å²) in [4.78, 5) is 51.0. The highest BCUT2D eigenvalue weighted by Crippen LogP contribution is 2.24. The minimum Gasteiger partial charge on any atom is -0.497 e. The molecular weight excluding hydrogens is 448 g/mol. The second kappa shape index (κ2) is 10.8. The third kappa shape index (κ3) is 5.62. The molecule has 1 saturated heterocycles. The van der Waals surface area contributed by atoms with Crippen molar-refractivity contribution in [3.8, 4) is 5.75 Å². The van der Waals surface area contributed by atoms with Gasteiger partial charge < -0.3 is 14.8 Å². The summed E-state index contributed by atoms with van der Waals surface area (Å²) in [5.74, 6) is -1.07. The number of methoxy groups -OCH3 is 1. The molecule has 3 aromatic rings. The number of esters is 1. The average molecular weight is 472 g/mol. The Morgan fingerprint density at radius 3 is 2.23 bits per heavy atom. The van der Waals surface area contributed by atoms with Gasteiger partial charge in [0.2, 0.25) is 5.91 Å². The Hall–Kier alpha value is -4.30. The van der Waals surface area contributed by atoms with E-state index in [1.54, 1.807) is 24.3 Å². The van der Waals surface area contributed by atoms with E-state index in [1.807, 2.05) is 30.3 Å². The van der Waals surface area contributed by atoms with E-state index in [0.717, 1.165) is 10.5 Å². The zero-order valence-corrected chi connectivity index (χ0v) is 19.1. The predicted molar refractivity (Wildman–Crippen MR) is 128 cm³/mol. The first-order valence-corrected chi connectivity index (χ1v) is 11.0. The third-order valence-electron chi connectivity index (χ3n) is 5.65. The monoisotopic (exact) mass is 472 g/mol. The van der Waals surface area contributed by atoms with E-state index in [2.05, 4.69) is 5.32 Å². The van der Waals surface area contributed by atoms with Gasteiger partial charge in [-0.1, -0.05) is 30.3 Å². The van der Waals surface area contributed by atoms with E-state index in [1.165, 1.54) is 31.4 Å². The van der Waals surface area contributed by atoms with Crippen LogP contribution in [0.4, 0.5) is 5.69 Å². The number of anilines is 1. The molecule has 1 atom stereocenters. The quantitative estimate of drug-likeness (QED) is 0.290. The highest BCUT2D eigenvalue weighted by molar-refractivity contribution is 6.22. The lowest BCUT2D eigenvalue weighted by atomic mass is 10.1. The summed E-state index contributed by atoms with van der Waals surface area (Å²) in [7, 11) is 1.53. The molecular formula is C27H24N2O6. The molecule has 1 unspecified atom stereocenters. The summed E-state index contributed by atoms with van der Waals surface area (Å²) in [5, 5.41) is 3.13. The Bertz CT molecular complexity index is 1220. The fraction of sp³-hybridized carbons (Fsp3) is 0.185. The van der Waals surface area contributed by atoms with Gasteiger partial charge in [-0.25, -0.2) is 9.69 Å². The van der Waals surface area contributed by atoms with Crippen LogP contribution in [0.25, 0.3) is 0 Å². The van der Waals surface area contributed by atoms with E-state index in [-0.39, 0.29) is 29.6 Å². The first-order valence-electron chi connectivity index (χ1n) is 11.0. The van der Waals surface area contributed by atoms with Gasteiger partial charge >= 0.3 is 5.97 Å². The smallest absolute Gasteiger partial charge is 0.338 e. The SMILES string of the molecule is COc1ccc(C(=O)COC(=O)c2ccc(N3C(=O)CC(NCc4ccccc4)C3=O)cc2)cc1. The number of hydrogen-bond donors (Lipinski definition) is 1. The zero-order chi connectivity index (χ0) is 24.8. The number of imide groups is 1. The number of hydrogen-bond acceptors (Lipinski definition) is 7. The topological polar surface area (TPSA) is 102 Å². The summed E-state index contributed by atoms with van der Waals surface area (Å²) in [6.45, 7) is 0.0587. The van der Waals surface area contributed by atoms with Crippen LogP contribution in [0.15, 0.2) is 78.9 Å². The molecule has 0 radical (unpaired) electrons. The number of benzene rings is 3. The first-order chi connectivity index (χ1) is 17.0. The van der Waals surface area contributed by atoms with Crippen molar-refractivity contribution < 1.29 is 28.7 Å². The zero-order valence-electron chi connectivity index (χ0n) is 19.1. The van der Waals surface area contributed by atoms with Crippen LogP contribution in [-0.2, 0) is 20.9 Å². The summed E-state index contributed by atoms with van der Waals surface area (Å²) >= 11 is 0. The van der Waals surface area contributed by atoms with Crippen LogP contribution < -0.4 is 15.0 Å². The number of ketones is 1. The molecule has 0 aromatic heterocycles. The summed E-state index contributed by atoms with van der Waals surface area (Å²) in [6.07, 6.45) is 0.0585. The summed E-state index contributed by atoms with van der Waals surface area (Å²) < 4.78 is 10.2. The molecule has 8 nitrogen and oxygen atoms in total. The second-order valence-corrected chi connectivity index (χ2v) is 7.97. The maximum Gasteiger partial charge on any atom is 0.338 e. The fourth-order valence-corrected chi connectivity index (χ4v) is 3.72. The molecule has 2 amide bonds. The molecule has 8 heteroatoms. The first kappa shape index (κ1) is 23.8. The van der Waals surface area contributed by atoms with Crippen molar-refractivity contribution in [3.05, 3.63) is 95.6 Å². The van der Waals surface area contributed by atoms with Gasteiger partial charge in [-0.3, -0.25) is 14.4 Å². The van der Waals surface area contributed by atoms with Crippen LogP contribution >= 0.6 is 0 Å². The van der Waals surface area contributed by atoms with Crippen LogP contribution in [0, 0.1) is 0 Å². The third-order valence-corrected chi connectivity index (χ3v) is 5.65. The number of carbonyl (C=O) groups is 4. The highest BCUT2D eigenvalue weighted by Gasteiger charge is 2.39. The average Bonchev–Trinajstić information content (AvgIpc) is 3.19. The van der Waals surface area contributed by atoms with Gasteiger partial charge in [0, 0.05) is 12.1 Å². The van der Waals surface area contributed by atoms with Gasteiger partial charge in [-0.15, -0.1) is 0 Å². The van der Waals surface area contributed by atoms with E-state index in [9.17, 15) is 19.2 Å². The Balaban J connectivity index is 1.33. The van der Waals surface area contributed by atoms with Crippen molar-refractivity contribution in [2.45, 2.75) is 19.0 Å².